The first kappa shape index (κ1) is 20.2. The quantitative estimate of drug-likeness (QED) is 0.553. The Labute approximate surface area is 167 Å². The van der Waals surface area contributed by atoms with Crippen LogP contribution in [-0.4, -0.2) is 37.7 Å². The average molecular weight is 398 g/mol. The number of fused-ring (bicyclic) bond motifs is 1. The number of carbonyl (C=O) groups is 2. The van der Waals surface area contributed by atoms with Crippen molar-refractivity contribution in [3.05, 3.63) is 53.9 Å². The maximum atomic E-state index is 11.9. The zero-order valence-electron chi connectivity index (χ0n) is 16.3. The number of amides is 1. The number of hydrogen-bond acceptors (Lipinski definition) is 7. The molecule has 0 aliphatic heterocycles. The molecule has 0 spiro atoms. The van der Waals surface area contributed by atoms with Gasteiger partial charge in [-0.05, 0) is 29.8 Å². The van der Waals surface area contributed by atoms with E-state index < -0.39 is 11.9 Å². The lowest BCUT2D eigenvalue weighted by Crippen LogP contribution is -2.28. The fraction of sp³-hybridized carbons (Fsp3) is 0.286. The molecule has 1 heterocycles. The van der Waals surface area contributed by atoms with Crippen LogP contribution >= 0.6 is 0 Å². The smallest absolute Gasteiger partial charge is 0.306 e. The number of esters is 1. The molecular formula is C21H22N2O6. The minimum atomic E-state index is -0.492. The average Bonchev–Trinajstić information content (AvgIpc) is 3.17. The zero-order chi connectivity index (χ0) is 20.6. The van der Waals surface area contributed by atoms with E-state index in [0.717, 1.165) is 11.1 Å². The largest absolute Gasteiger partial charge is 0.493 e. The van der Waals surface area contributed by atoms with Crippen molar-refractivity contribution < 1.29 is 28.2 Å². The number of hydrogen-bond donors (Lipinski definition) is 1. The Hall–Kier alpha value is -3.55. The Kier molecular flexibility index (Phi) is 6.67. The standard InChI is InChI=1S/C21H22N2O6/c1-26-17-8-7-14(11-18(17)27-2)12-22-19(24)13-28-21(25)10-9-20-23-15-5-3-4-6-16(15)29-20/h3-8,11H,9-10,12-13H2,1-2H3,(H,22,24). The number of oxazole rings is 1. The lowest BCUT2D eigenvalue weighted by atomic mass is 10.2. The molecule has 0 atom stereocenters. The first-order chi connectivity index (χ1) is 14.1. The summed E-state index contributed by atoms with van der Waals surface area (Å²) in [4.78, 5) is 28.1. The fourth-order valence-corrected chi connectivity index (χ4v) is 2.70. The molecule has 0 aliphatic rings. The summed E-state index contributed by atoms with van der Waals surface area (Å²) in [6.07, 6.45) is 0.385. The molecule has 0 bridgehead atoms. The number of nitrogens with zero attached hydrogens (tertiary/aromatic N) is 1. The molecule has 8 heteroatoms. The predicted octanol–water partition coefficient (Wildman–Crippen LogP) is 2.64. The molecular weight excluding hydrogens is 376 g/mol. The molecule has 3 aromatic rings. The SMILES string of the molecule is COc1ccc(CNC(=O)COC(=O)CCc2nc3ccccc3o2)cc1OC. The number of ether oxygens (including phenoxy) is 3. The third-order valence-electron chi connectivity index (χ3n) is 4.18. The van der Waals surface area contributed by atoms with Gasteiger partial charge in [-0.15, -0.1) is 0 Å². The Bertz CT molecular complexity index is 965. The van der Waals surface area contributed by atoms with Crippen LogP contribution in [0, 0.1) is 0 Å². The molecule has 0 unspecified atom stereocenters. The van der Waals surface area contributed by atoms with Gasteiger partial charge in [0.1, 0.15) is 5.52 Å². The van der Waals surface area contributed by atoms with Gasteiger partial charge in [-0.25, -0.2) is 4.98 Å². The van der Waals surface area contributed by atoms with Gasteiger partial charge >= 0.3 is 5.97 Å². The van der Waals surface area contributed by atoms with Gasteiger partial charge in [0.05, 0.1) is 20.6 Å². The summed E-state index contributed by atoms with van der Waals surface area (Å²) in [5, 5.41) is 2.69. The number of carbonyl (C=O) groups excluding carboxylic acids is 2. The van der Waals surface area contributed by atoms with Crippen LogP contribution in [0.2, 0.25) is 0 Å². The summed E-state index contributed by atoms with van der Waals surface area (Å²) < 4.78 is 21.0. The van der Waals surface area contributed by atoms with Crippen LogP contribution < -0.4 is 14.8 Å². The lowest BCUT2D eigenvalue weighted by molar-refractivity contribution is -0.148. The summed E-state index contributed by atoms with van der Waals surface area (Å²) >= 11 is 0. The number of benzene rings is 2. The van der Waals surface area contributed by atoms with E-state index in [2.05, 4.69) is 10.3 Å². The molecule has 0 aliphatic carbocycles. The van der Waals surface area contributed by atoms with Gasteiger partial charge in [0.25, 0.3) is 5.91 Å². The molecule has 1 amide bonds. The van der Waals surface area contributed by atoms with E-state index in [4.69, 9.17) is 18.6 Å². The molecule has 0 radical (unpaired) electrons. The summed E-state index contributed by atoms with van der Waals surface area (Å²) in [6.45, 7) is -0.0701. The van der Waals surface area contributed by atoms with Gasteiger partial charge in [0.15, 0.2) is 29.6 Å². The minimum absolute atomic E-state index is 0.0791. The fourth-order valence-electron chi connectivity index (χ4n) is 2.70. The van der Waals surface area contributed by atoms with E-state index in [9.17, 15) is 9.59 Å². The predicted molar refractivity (Wildman–Crippen MR) is 105 cm³/mol. The van der Waals surface area contributed by atoms with Crippen molar-refractivity contribution in [1.29, 1.82) is 0 Å². The number of para-hydroxylation sites is 2. The van der Waals surface area contributed by atoms with Crippen molar-refractivity contribution in [2.24, 2.45) is 0 Å². The molecule has 0 fully saturated rings. The van der Waals surface area contributed by atoms with Gasteiger partial charge in [-0.1, -0.05) is 18.2 Å². The van der Waals surface area contributed by atoms with Crippen molar-refractivity contribution in [2.45, 2.75) is 19.4 Å². The van der Waals surface area contributed by atoms with Gasteiger partial charge in [-0.3, -0.25) is 9.59 Å². The number of aromatic nitrogens is 1. The van der Waals surface area contributed by atoms with Crippen LogP contribution in [0.5, 0.6) is 11.5 Å². The van der Waals surface area contributed by atoms with Crippen molar-refractivity contribution in [2.75, 3.05) is 20.8 Å². The number of rotatable bonds is 9. The molecule has 0 saturated carbocycles. The van der Waals surface area contributed by atoms with Gasteiger partial charge in [-0.2, -0.15) is 0 Å². The maximum absolute atomic E-state index is 11.9. The van der Waals surface area contributed by atoms with E-state index >= 15 is 0 Å². The van der Waals surface area contributed by atoms with Crippen LogP contribution in [0.25, 0.3) is 11.1 Å². The van der Waals surface area contributed by atoms with Crippen LogP contribution in [0.15, 0.2) is 46.9 Å². The highest BCUT2D eigenvalue weighted by Gasteiger charge is 2.12. The van der Waals surface area contributed by atoms with Crippen LogP contribution in [0.3, 0.4) is 0 Å². The first-order valence-electron chi connectivity index (χ1n) is 9.06. The van der Waals surface area contributed by atoms with E-state index in [1.54, 1.807) is 26.4 Å². The van der Waals surface area contributed by atoms with Gasteiger partial charge in [0, 0.05) is 13.0 Å². The second-order valence-electron chi connectivity index (χ2n) is 6.20. The molecule has 1 N–H and O–H groups in total. The third kappa shape index (κ3) is 5.47. The van der Waals surface area contributed by atoms with Crippen molar-refractivity contribution in [3.8, 4) is 11.5 Å². The van der Waals surface area contributed by atoms with Crippen LogP contribution in [0.1, 0.15) is 17.9 Å². The summed E-state index contributed by atoms with van der Waals surface area (Å²) in [6, 6.07) is 12.7. The van der Waals surface area contributed by atoms with Crippen LogP contribution in [0.4, 0.5) is 0 Å². The zero-order valence-corrected chi connectivity index (χ0v) is 16.3. The summed E-state index contributed by atoms with van der Waals surface area (Å²) in [5.41, 5.74) is 2.24. The molecule has 2 aromatic carbocycles. The molecule has 29 heavy (non-hydrogen) atoms. The highest BCUT2D eigenvalue weighted by Crippen LogP contribution is 2.27. The summed E-state index contributed by atoms with van der Waals surface area (Å²) in [7, 11) is 3.10. The van der Waals surface area contributed by atoms with E-state index in [1.165, 1.54) is 0 Å². The van der Waals surface area contributed by atoms with Gasteiger partial charge < -0.3 is 23.9 Å². The topological polar surface area (TPSA) is 99.9 Å². The van der Waals surface area contributed by atoms with E-state index in [-0.39, 0.29) is 19.6 Å². The van der Waals surface area contributed by atoms with Crippen molar-refractivity contribution >= 4 is 23.0 Å². The summed E-state index contributed by atoms with van der Waals surface area (Å²) in [5.74, 6) is 0.755. The Morgan fingerprint density at radius 1 is 1.07 bits per heavy atom. The number of methoxy groups -OCH3 is 2. The lowest BCUT2D eigenvalue weighted by Gasteiger charge is -2.10. The maximum Gasteiger partial charge on any atom is 0.306 e. The Morgan fingerprint density at radius 3 is 2.62 bits per heavy atom. The minimum Gasteiger partial charge on any atom is -0.493 e. The second-order valence-corrected chi connectivity index (χ2v) is 6.20. The van der Waals surface area contributed by atoms with Crippen molar-refractivity contribution in [3.63, 3.8) is 0 Å². The number of nitrogens with one attached hydrogen (secondary N) is 1. The molecule has 0 saturated heterocycles. The molecule has 152 valence electrons. The van der Waals surface area contributed by atoms with E-state index in [1.807, 2.05) is 30.3 Å². The normalized spacial score (nSPS) is 10.6. The Morgan fingerprint density at radius 2 is 1.86 bits per heavy atom. The monoisotopic (exact) mass is 398 g/mol. The second kappa shape index (κ2) is 9.59. The Balaban J connectivity index is 1.40. The van der Waals surface area contributed by atoms with E-state index in [0.29, 0.717) is 29.4 Å². The van der Waals surface area contributed by atoms with Crippen molar-refractivity contribution in [1.82, 2.24) is 10.3 Å². The molecule has 1 aromatic heterocycles. The highest BCUT2D eigenvalue weighted by atomic mass is 16.5. The third-order valence-corrected chi connectivity index (χ3v) is 4.18. The first-order valence-corrected chi connectivity index (χ1v) is 9.06. The molecule has 8 nitrogen and oxygen atoms in total. The number of aryl methyl sites for hydroxylation is 1. The highest BCUT2D eigenvalue weighted by molar-refractivity contribution is 5.80. The van der Waals surface area contributed by atoms with Crippen LogP contribution in [-0.2, 0) is 27.3 Å². The molecule has 3 rings (SSSR count). The van der Waals surface area contributed by atoms with Gasteiger partial charge in [0.2, 0.25) is 0 Å².